The van der Waals surface area contributed by atoms with Crippen molar-refractivity contribution in [3.05, 3.63) is 0 Å². The Balaban J connectivity index is 1.71. The van der Waals surface area contributed by atoms with Gasteiger partial charge in [0.25, 0.3) is 0 Å². The molecule has 2 bridgehead atoms. The summed E-state index contributed by atoms with van der Waals surface area (Å²) >= 11 is 0. The van der Waals surface area contributed by atoms with Crippen LogP contribution in [0, 0.1) is 0 Å². The monoisotopic (exact) mass is 300 g/mol. The quantitative estimate of drug-likeness (QED) is 0.856. The SMILES string of the molecule is CCCNC1CC2CCC(C1)N2C1(C)CCS(=O)(=O)C1. The van der Waals surface area contributed by atoms with E-state index in [9.17, 15) is 8.42 Å². The van der Waals surface area contributed by atoms with Crippen molar-refractivity contribution in [2.75, 3.05) is 18.1 Å². The minimum Gasteiger partial charge on any atom is -0.314 e. The van der Waals surface area contributed by atoms with Gasteiger partial charge >= 0.3 is 0 Å². The van der Waals surface area contributed by atoms with Crippen LogP contribution in [0.25, 0.3) is 0 Å². The van der Waals surface area contributed by atoms with Gasteiger partial charge in [-0.3, -0.25) is 4.90 Å². The van der Waals surface area contributed by atoms with Gasteiger partial charge in [-0.2, -0.15) is 0 Å². The van der Waals surface area contributed by atoms with Crippen molar-refractivity contribution < 1.29 is 8.42 Å². The van der Waals surface area contributed by atoms with Crippen LogP contribution in [0.1, 0.15) is 52.4 Å². The van der Waals surface area contributed by atoms with Crippen molar-refractivity contribution >= 4 is 9.84 Å². The topological polar surface area (TPSA) is 49.4 Å². The summed E-state index contributed by atoms with van der Waals surface area (Å²) < 4.78 is 23.8. The zero-order valence-corrected chi connectivity index (χ0v) is 13.6. The fraction of sp³-hybridized carbons (Fsp3) is 1.00. The van der Waals surface area contributed by atoms with Crippen molar-refractivity contribution in [1.82, 2.24) is 10.2 Å². The molecule has 4 nitrogen and oxygen atoms in total. The summed E-state index contributed by atoms with van der Waals surface area (Å²) in [6.07, 6.45) is 6.92. The first-order chi connectivity index (χ1) is 9.43. The molecule has 0 amide bonds. The Kier molecular flexibility index (Phi) is 3.89. The molecule has 1 N–H and O–H groups in total. The fourth-order valence-corrected chi connectivity index (χ4v) is 6.91. The smallest absolute Gasteiger partial charge is 0.152 e. The van der Waals surface area contributed by atoms with Crippen molar-refractivity contribution in [3.8, 4) is 0 Å². The molecular formula is C15H28N2O2S. The second-order valence-electron chi connectivity index (χ2n) is 7.25. The summed E-state index contributed by atoms with van der Waals surface area (Å²) in [6, 6.07) is 1.84. The van der Waals surface area contributed by atoms with Crippen LogP contribution in [-0.4, -0.2) is 55.0 Å². The highest BCUT2D eigenvalue weighted by atomic mass is 32.2. The molecule has 3 atom stereocenters. The second-order valence-corrected chi connectivity index (χ2v) is 9.44. The van der Waals surface area contributed by atoms with E-state index in [2.05, 4.69) is 24.1 Å². The van der Waals surface area contributed by atoms with Crippen molar-refractivity contribution in [2.24, 2.45) is 0 Å². The van der Waals surface area contributed by atoms with Crippen LogP contribution < -0.4 is 5.32 Å². The lowest BCUT2D eigenvalue weighted by Gasteiger charge is -2.48. The molecule has 5 heteroatoms. The average molecular weight is 300 g/mol. The molecule has 0 saturated carbocycles. The number of fused-ring (bicyclic) bond motifs is 2. The van der Waals surface area contributed by atoms with E-state index in [0.717, 1.165) is 13.0 Å². The van der Waals surface area contributed by atoms with Gasteiger partial charge in [-0.05, 0) is 52.0 Å². The molecule has 3 unspecified atom stereocenters. The maximum absolute atomic E-state index is 11.9. The van der Waals surface area contributed by atoms with Gasteiger partial charge < -0.3 is 5.32 Å². The minimum atomic E-state index is -2.81. The summed E-state index contributed by atoms with van der Waals surface area (Å²) in [7, 11) is -2.81. The van der Waals surface area contributed by atoms with Crippen LogP contribution in [-0.2, 0) is 9.84 Å². The fourth-order valence-electron chi connectivity index (χ4n) is 4.77. The van der Waals surface area contributed by atoms with Gasteiger partial charge in [0.05, 0.1) is 11.5 Å². The summed E-state index contributed by atoms with van der Waals surface area (Å²) in [5.41, 5.74) is -0.0968. The Labute approximate surface area is 123 Å². The van der Waals surface area contributed by atoms with Crippen LogP contribution in [0.3, 0.4) is 0 Å². The molecule has 116 valence electrons. The number of rotatable bonds is 4. The van der Waals surface area contributed by atoms with E-state index < -0.39 is 9.84 Å². The molecule has 20 heavy (non-hydrogen) atoms. The van der Waals surface area contributed by atoms with Crippen LogP contribution >= 0.6 is 0 Å². The van der Waals surface area contributed by atoms with E-state index in [-0.39, 0.29) is 5.54 Å². The van der Waals surface area contributed by atoms with Gasteiger partial charge in [0.2, 0.25) is 0 Å². The lowest BCUT2D eigenvalue weighted by atomic mass is 9.89. The minimum absolute atomic E-state index is 0.0968. The first kappa shape index (κ1) is 14.8. The lowest BCUT2D eigenvalue weighted by Crippen LogP contribution is -2.59. The van der Waals surface area contributed by atoms with E-state index in [1.807, 2.05) is 0 Å². The largest absolute Gasteiger partial charge is 0.314 e. The van der Waals surface area contributed by atoms with E-state index in [4.69, 9.17) is 0 Å². The van der Waals surface area contributed by atoms with Gasteiger partial charge in [0.15, 0.2) is 9.84 Å². The second kappa shape index (κ2) is 5.25. The molecule has 0 aromatic rings. The average Bonchev–Trinajstić information content (AvgIpc) is 2.82. The van der Waals surface area contributed by atoms with Crippen molar-refractivity contribution in [3.63, 3.8) is 0 Å². The highest BCUT2D eigenvalue weighted by Crippen LogP contribution is 2.44. The van der Waals surface area contributed by atoms with E-state index in [0.29, 0.717) is 29.6 Å². The Morgan fingerprint density at radius 3 is 2.40 bits per heavy atom. The molecule has 3 aliphatic rings. The number of hydrogen-bond acceptors (Lipinski definition) is 4. The number of sulfone groups is 1. The van der Waals surface area contributed by atoms with E-state index >= 15 is 0 Å². The normalized spacial score (nSPS) is 44.0. The summed E-state index contributed by atoms with van der Waals surface area (Å²) in [5, 5.41) is 3.67. The first-order valence-corrected chi connectivity index (χ1v) is 9.98. The van der Waals surface area contributed by atoms with Crippen molar-refractivity contribution in [2.45, 2.75) is 76.0 Å². The van der Waals surface area contributed by atoms with Gasteiger partial charge in [0, 0.05) is 23.7 Å². The van der Waals surface area contributed by atoms with Gasteiger partial charge in [-0.15, -0.1) is 0 Å². The predicted octanol–water partition coefficient (Wildman–Crippen LogP) is 1.56. The van der Waals surface area contributed by atoms with Gasteiger partial charge in [0.1, 0.15) is 0 Å². The molecule has 0 aliphatic carbocycles. The molecular weight excluding hydrogens is 272 g/mol. The summed E-state index contributed by atoms with van der Waals surface area (Å²) in [4.78, 5) is 2.60. The zero-order valence-electron chi connectivity index (χ0n) is 12.8. The Bertz CT molecular complexity index is 450. The molecule has 3 rings (SSSR count). The Morgan fingerprint density at radius 2 is 1.90 bits per heavy atom. The first-order valence-electron chi connectivity index (χ1n) is 8.16. The molecule has 3 fully saturated rings. The Morgan fingerprint density at radius 1 is 1.25 bits per heavy atom. The van der Waals surface area contributed by atoms with Crippen LogP contribution in [0.4, 0.5) is 0 Å². The summed E-state index contributed by atoms with van der Waals surface area (Å²) in [5.74, 6) is 0.761. The van der Waals surface area contributed by atoms with E-state index in [1.165, 1.54) is 32.1 Å². The molecule has 3 aliphatic heterocycles. The number of nitrogens with one attached hydrogen (secondary N) is 1. The third kappa shape index (κ3) is 2.64. The molecule has 0 aromatic heterocycles. The van der Waals surface area contributed by atoms with Crippen LogP contribution in [0.5, 0.6) is 0 Å². The van der Waals surface area contributed by atoms with E-state index in [1.54, 1.807) is 0 Å². The molecule has 3 heterocycles. The third-order valence-electron chi connectivity index (χ3n) is 5.52. The maximum Gasteiger partial charge on any atom is 0.152 e. The molecule has 0 radical (unpaired) electrons. The van der Waals surface area contributed by atoms with Gasteiger partial charge in [-0.25, -0.2) is 8.42 Å². The predicted molar refractivity (Wildman–Crippen MR) is 81.6 cm³/mol. The lowest BCUT2D eigenvalue weighted by molar-refractivity contribution is 0.0247. The number of nitrogens with zero attached hydrogens (tertiary/aromatic N) is 1. The van der Waals surface area contributed by atoms with Crippen LogP contribution in [0.2, 0.25) is 0 Å². The number of hydrogen-bond donors (Lipinski definition) is 1. The third-order valence-corrected chi connectivity index (χ3v) is 7.41. The van der Waals surface area contributed by atoms with Gasteiger partial charge in [-0.1, -0.05) is 6.92 Å². The highest BCUT2D eigenvalue weighted by Gasteiger charge is 2.52. The molecule has 0 spiro atoms. The molecule has 3 saturated heterocycles. The maximum atomic E-state index is 11.9. The zero-order chi connectivity index (χ0) is 14.4. The van der Waals surface area contributed by atoms with Crippen LogP contribution in [0.15, 0.2) is 0 Å². The highest BCUT2D eigenvalue weighted by molar-refractivity contribution is 7.91. The molecule has 0 aromatic carbocycles. The summed E-state index contributed by atoms with van der Waals surface area (Å²) in [6.45, 7) is 5.50. The Hall–Kier alpha value is -0.130. The van der Waals surface area contributed by atoms with Crippen molar-refractivity contribution in [1.29, 1.82) is 0 Å². The number of piperidine rings is 1. The standard InChI is InChI=1S/C15H28N2O2S/c1-3-7-16-12-9-13-4-5-14(10-12)17(13)15(2)6-8-20(18,19)11-15/h12-14,16H,3-11H2,1-2H3.